The van der Waals surface area contributed by atoms with Crippen molar-refractivity contribution in [2.24, 2.45) is 0 Å². The molecule has 0 spiro atoms. The van der Waals surface area contributed by atoms with Crippen LogP contribution in [0.15, 0.2) is 48.5 Å². The second-order valence-electron chi connectivity index (χ2n) is 7.30. The molecule has 2 N–H and O–H groups in total. The van der Waals surface area contributed by atoms with Crippen molar-refractivity contribution in [3.05, 3.63) is 71.0 Å². The van der Waals surface area contributed by atoms with E-state index in [-0.39, 0.29) is 5.56 Å². The number of hydrogen-bond donors (Lipinski definition) is 2. The molecule has 6 heteroatoms. The summed E-state index contributed by atoms with van der Waals surface area (Å²) in [6.45, 7) is 7.54. The van der Waals surface area contributed by atoms with Gasteiger partial charge in [-0.15, -0.1) is 0 Å². The van der Waals surface area contributed by atoms with Gasteiger partial charge in [0.15, 0.2) is 0 Å². The summed E-state index contributed by atoms with van der Waals surface area (Å²) in [6.07, 6.45) is 0. The van der Waals surface area contributed by atoms with Crippen LogP contribution < -0.4 is 5.48 Å². The Labute approximate surface area is 159 Å². The number of hydrogen-bond acceptors (Lipinski definition) is 4. The largest absolute Gasteiger partial charge is 0.296 e. The van der Waals surface area contributed by atoms with E-state index in [1.165, 1.54) is 23.2 Å². The molecule has 1 heterocycles. The second kappa shape index (κ2) is 8.61. The quantitative estimate of drug-likeness (QED) is 0.627. The molecule has 0 saturated carbocycles. The molecule has 1 fully saturated rings. The van der Waals surface area contributed by atoms with E-state index in [0.29, 0.717) is 24.2 Å². The molecule has 3 rings (SSSR count). The van der Waals surface area contributed by atoms with Crippen LogP contribution in [0, 0.1) is 5.82 Å². The van der Waals surface area contributed by atoms with Gasteiger partial charge in [-0.3, -0.25) is 19.8 Å². The lowest BCUT2D eigenvalue weighted by Gasteiger charge is -2.44. The molecule has 1 saturated heterocycles. The van der Waals surface area contributed by atoms with Gasteiger partial charge in [0.2, 0.25) is 0 Å². The van der Waals surface area contributed by atoms with Crippen molar-refractivity contribution < 1.29 is 14.4 Å². The molecule has 1 aliphatic heterocycles. The van der Waals surface area contributed by atoms with Gasteiger partial charge in [0.1, 0.15) is 5.82 Å². The standard InChI is InChI=1S/C21H26FN3O2/c1-15-11-24(12-16(2)25(15)13-17-6-4-3-5-7-17)14-19-9-8-18(10-20(19)22)21(26)23-27/h3-10,15-16,27H,11-14H2,1-2H3,(H,23,26). The Morgan fingerprint density at radius 2 is 1.78 bits per heavy atom. The highest BCUT2D eigenvalue weighted by molar-refractivity contribution is 5.93. The highest BCUT2D eigenvalue weighted by Crippen LogP contribution is 2.21. The predicted octanol–water partition coefficient (Wildman–Crippen LogP) is 3.04. The lowest BCUT2D eigenvalue weighted by Crippen LogP contribution is -2.55. The minimum absolute atomic E-state index is 0.105. The maximum atomic E-state index is 14.4. The van der Waals surface area contributed by atoms with Crippen LogP contribution in [-0.4, -0.2) is 46.1 Å². The number of rotatable bonds is 5. The van der Waals surface area contributed by atoms with Crippen LogP contribution in [0.5, 0.6) is 0 Å². The lowest BCUT2D eigenvalue weighted by molar-refractivity contribution is 0.0285. The molecule has 2 atom stereocenters. The molecule has 0 bridgehead atoms. The summed E-state index contributed by atoms with van der Waals surface area (Å²) < 4.78 is 14.4. The molecular weight excluding hydrogens is 345 g/mol. The molecule has 2 unspecified atom stereocenters. The molecule has 0 radical (unpaired) electrons. The minimum atomic E-state index is -0.711. The minimum Gasteiger partial charge on any atom is -0.296 e. The third-order valence-corrected chi connectivity index (χ3v) is 5.20. The van der Waals surface area contributed by atoms with Crippen LogP contribution in [0.4, 0.5) is 4.39 Å². The highest BCUT2D eigenvalue weighted by atomic mass is 19.1. The number of benzene rings is 2. The molecule has 5 nitrogen and oxygen atoms in total. The van der Waals surface area contributed by atoms with E-state index in [1.54, 1.807) is 6.07 Å². The van der Waals surface area contributed by atoms with Gasteiger partial charge in [0, 0.05) is 49.4 Å². The van der Waals surface area contributed by atoms with E-state index < -0.39 is 11.7 Å². The number of piperazine rings is 1. The number of carbonyl (C=O) groups is 1. The Balaban J connectivity index is 1.64. The molecule has 27 heavy (non-hydrogen) atoms. The van der Waals surface area contributed by atoms with Crippen LogP contribution in [0.2, 0.25) is 0 Å². The normalized spacial score (nSPS) is 21.2. The van der Waals surface area contributed by atoms with E-state index in [9.17, 15) is 9.18 Å². The number of carbonyl (C=O) groups excluding carboxylic acids is 1. The Morgan fingerprint density at radius 1 is 1.11 bits per heavy atom. The molecule has 144 valence electrons. The number of hydroxylamine groups is 1. The van der Waals surface area contributed by atoms with Gasteiger partial charge < -0.3 is 0 Å². The third-order valence-electron chi connectivity index (χ3n) is 5.20. The summed E-state index contributed by atoms with van der Waals surface area (Å²) in [5.41, 5.74) is 3.48. The molecule has 0 aromatic heterocycles. The number of halogens is 1. The fourth-order valence-corrected chi connectivity index (χ4v) is 3.82. The molecule has 1 amide bonds. The van der Waals surface area contributed by atoms with Crippen molar-refractivity contribution >= 4 is 5.91 Å². The Hall–Kier alpha value is -2.28. The van der Waals surface area contributed by atoms with Crippen molar-refractivity contribution in [3.63, 3.8) is 0 Å². The van der Waals surface area contributed by atoms with Gasteiger partial charge in [-0.25, -0.2) is 9.87 Å². The molecule has 2 aromatic rings. The van der Waals surface area contributed by atoms with Gasteiger partial charge in [-0.2, -0.15) is 0 Å². The SMILES string of the molecule is CC1CN(Cc2ccc(C(=O)NO)cc2F)CC(C)N1Cc1ccccc1. The molecule has 2 aromatic carbocycles. The van der Waals surface area contributed by atoms with Crippen LogP contribution in [0.1, 0.15) is 35.3 Å². The first-order valence-electron chi connectivity index (χ1n) is 9.23. The second-order valence-corrected chi connectivity index (χ2v) is 7.30. The van der Waals surface area contributed by atoms with E-state index in [4.69, 9.17) is 5.21 Å². The monoisotopic (exact) mass is 371 g/mol. The maximum Gasteiger partial charge on any atom is 0.274 e. The summed E-state index contributed by atoms with van der Waals surface area (Å²) in [6, 6.07) is 15.5. The topological polar surface area (TPSA) is 55.8 Å². The Morgan fingerprint density at radius 3 is 2.37 bits per heavy atom. The average Bonchev–Trinajstić information content (AvgIpc) is 2.66. The summed E-state index contributed by atoms with van der Waals surface area (Å²) >= 11 is 0. The summed E-state index contributed by atoms with van der Waals surface area (Å²) in [7, 11) is 0. The van der Waals surface area contributed by atoms with Crippen molar-refractivity contribution in [2.75, 3.05) is 13.1 Å². The van der Waals surface area contributed by atoms with Crippen molar-refractivity contribution in [2.45, 2.75) is 39.0 Å². The molecule has 0 aliphatic carbocycles. The zero-order valence-electron chi connectivity index (χ0n) is 15.7. The fraction of sp³-hybridized carbons (Fsp3) is 0.381. The van der Waals surface area contributed by atoms with Crippen molar-refractivity contribution in [1.82, 2.24) is 15.3 Å². The van der Waals surface area contributed by atoms with Gasteiger partial charge in [0.05, 0.1) is 0 Å². The van der Waals surface area contributed by atoms with Crippen LogP contribution in [-0.2, 0) is 13.1 Å². The number of nitrogens with zero attached hydrogens (tertiary/aromatic N) is 2. The van der Waals surface area contributed by atoms with Crippen LogP contribution in [0.25, 0.3) is 0 Å². The van der Waals surface area contributed by atoms with Crippen molar-refractivity contribution in [1.29, 1.82) is 0 Å². The number of amides is 1. The zero-order valence-corrected chi connectivity index (χ0v) is 15.7. The van der Waals surface area contributed by atoms with Gasteiger partial charge in [-0.05, 0) is 31.5 Å². The van der Waals surface area contributed by atoms with E-state index in [1.807, 2.05) is 6.07 Å². The summed E-state index contributed by atoms with van der Waals surface area (Å²) in [5, 5.41) is 8.66. The molecule has 1 aliphatic rings. The fourth-order valence-electron chi connectivity index (χ4n) is 3.82. The lowest BCUT2D eigenvalue weighted by atomic mass is 10.0. The highest BCUT2D eigenvalue weighted by Gasteiger charge is 2.29. The first-order valence-corrected chi connectivity index (χ1v) is 9.23. The van der Waals surface area contributed by atoms with Crippen LogP contribution >= 0.6 is 0 Å². The van der Waals surface area contributed by atoms with Crippen LogP contribution in [0.3, 0.4) is 0 Å². The smallest absolute Gasteiger partial charge is 0.274 e. The van der Waals surface area contributed by atoms with Gasteiger partial charge in [-0.1, -0.05) is 36.4 Å². The van der Waals surface area contributed by atoms with Crippen molar-refractivity contribution in [3.8, 4) is 0 Å². The predicted molar refractivity (Wildman–Crippen MR) is 102 cm³/mol. The third kappa shape index (κ3) is 4.71. The zero-order chi connectivity index (χ0) is 19.4. The van der Waals surface area contributed by atoms with E-state index in [0.717, 1.165) is 19.6 Å². The number of nitrogens with one attached hydrogen (secondary N) is 1. The molecular formula is C21H26FN3O2. The first kappa shape index (κ1) is 19.5. The first-order chi connectivity index (χ1) is 13.0. The summed E-state index contributed by atoms with van der Waals surface area (Å²) in [5.74, 6) is -1.14. The Kier molecular flexibility index (Phi) is 6.21. The summed E-state index contributed by atoms with van der Waals surface area (Å²) in [4.78, 5) is 16.1. The van der Waals surface area contributed by atoms with Gasteiger partial charge >= 0.3 is 0 Å². The van der Waals surface area contributed by atoms with Gasteiger partial charge in [0.25, 0.3) is 5.91 Å². The van der Waals surface area contributed by atoms with E-state index >= 15 is 0 Å². The maximum absolute atomic E-state index is 14.4. The van der Waals surface area contributed by atoms with E-state index in [2.05, 4.69) is 47.9 Å². The average molecular weight is 371 g/mol. The Bertz CT molecular complexity index is 772.